The second-order valence-electron chi connectivity index (χ2n) is 2.79. The van der Waals surface area contributed by atoms with Crippen LogP contribution in [0.5, 0.6) is 0 Å². The van der Waals surface area contributed by atoms with Gasteiger partial charge in [0.25, 0.3) is 0 Å². The molecule has 1 aromatic carbocycles. The quantitative estimate of drug-likeness (QED) is 0.839. The number of aliphatic hydroxyl groups excluding tert-OH is 1. The first kappa shape index (κ1) is 9.55. The highest BCUT2D eigenvalue weighted by Crippen LogP contribution is 2.26. The number of hydrogen-bond acceptors (Lipinski definition) is 2. The van der Waals surface area contributed by atoms with Crippen LogP contribution in [0.3, 0.4) is 0 Å². The molecule has 1 aromatic rings. The molecular formula is C9H12BrNO. The molecule has 0 aliphatic heterocycles. The van der Waals surface area contributed by atoms with E-state index in [0.717, 1.165) is 15.7 Å². The van der Waals surface area contributed by atoms with E-state index < -0.39 is 0 Å². The van der Waals surface area contributed by atoms with Gasteiger partial charge in [-0.1, -0.05) is 22.0 Å². The van der Waals surface area contributed by atoms with Gasteiger partial charge in [-0.05, 0) is 12.1 Å². The van der Waals surface area contributed by atoms with E-state index in [2.05, 4.69) is 15.9 Å². The standard InChI is InChI=1S/C9H12BrNO/c1-11(2)9-5-3-4-8(10)7(9)6-12/h3-5,12H,6H2,1-2H3. The second kappa shape index (κ2) is 3.92. The van der Waals surface area contributed by atoms with Gasteiger partial charge < -0.3 is 10.0 Å². The van der Waals surface area contributed by atoms with Crippen molar-refractivity contribution in [2.75, 3.05) is 19.0 Å². The van der Waals surface area contributed by atoms with E-state index >= 15 is 0 Å². The average molecular weight is 230 g/mol. The first-order valence-electron chi connectivity index (χ1n) is 3.72. The fourth-order valence-electron chi connectivity index (χ4n) is 1.12. The normalized spacial score (nSPS) is 10.0. The van der Waals surface area contributed by atoms with Gasteiger partial charge in [0.15, 0.2) is 0 Å². The summed E-state index contributed by atoms with van der Waals surface area (Å²) in [6.07, 6.45) is 0. The molecule has 1 rings (SSSR count). The summed E-state index contributed by atoms with van der Waals surface area (Å²) in [7, 11) is 3.92. The maximum atomic E-state index is 9.09. The smallest absolute Gasteiger partial charge is 0.0713 e. The largest absolute Gasteiger partial charge is 0.392 e. The second-order valence-corrected chi connectivity index (χ2v) is 3.64. The van der Waals surface area contributed by atoms with Crippen LogP contribution in [-0.4, -0.2) is 19.2 Å². The van der Waals surface area contributed by atoms with Crippen molar-refractivity contribution in [1.29, 1.82) is 0 Å². The lowest BCUT2D eigenvalue weighted by molar-refractivity contribution is 0.281. The minimum atomic E-state index is 0.0644. The Morgan fingerprint density at radius 1 is 1.42 bits per heavy atom. The van der Waals surface area contributed by atoms with Crippen molar-refractivity contribution in [3.8, 4) is 0 Å². The molecular weight excluding hydrogens is 218 g/mol. The molecule has 12 heavy (non-hydrogen) atoms. The Balaban J connectivity index is 3.18. The Bertz CT molecular complexity index is 273. The monoisotopic (exact) mass is 229 g/mol. The van der Waals surface area contributed by atoms with E-state index in [1.54, 1.807) is 0 Å². The van der Waals surface area contributed by atoms with Gasteiger partial charge in [0.1, 0.15) is 0 Å². The number of rotatable bonds is 2. The van der Waals surface area contributed by atoms with E-state index in [0.29, 0.717) is 0 Å². The van der Waals surface area contributed by atoms with Gasteiger partial charge >= 0.3 is 0 Å². The van der Waals surface area contributed by atoms with E-state index in [-0.39, 0.29) is 6.61 Å². The predicted octanol–water partition coefficient (Wildman–Crippen LogP) is 2.01. The Labute approximate surface area is 80.9 Å². The number of benzene rings is 1. The molecule has 0 unspecified atom stereocenters. The summed E-state index contributed by atoms with van der Waals surface area (Å²) >= 11 is 3.39. The van der Waals surface area contributed by atoms with Gasteiger partial charge in [-0.2, -0.15) is 0 Å². The number of hydrogen-bond donors (Lipinski definition) is 1. The molecule has 66 valence electrons. The molecule has 0 spiro atoms. The molecule has 2 nitrogen and oxygen atoms in total. The fourth-order valence-corrected chi connectivity index (χ4v) is 1.60. The van der Waals surface area contributed by atoms with Crippen molar-refractivity contribution in [2.45, 2.75) is 6.61 Å². The van der Waals surface area contributed by atoms with E-state index in [9.17, 15) is 0 Å². The molecule has 0 fully saturated rings. The summed E-state index contributed by atoms with van der Waals surface area (Å²) in [6.45, 7) is 0.0644. The SMILES string of the molecule is CN(C)c1cccc(Br)c1CO. The minimum absolute atomic E-state index is 0.0644. The molecule has 0 saturated heterocycles. The molecule has 0 heterocycles. The van der Waals surface area contributed by atoms with E-state index in [1.165, 1.54) is 0 Å². The third kappa shape index (κ3) is 1.79. The molecule has 0 atom stereocenters. The number of aliphatic hydroxyl groups is 1. The maximum Gasteiger partial charge on any atom is 0.0713 e. The highest BCUT2D eigenvalue weighted by atomic mass is 79.9. The Kier molecular flexibility index (Phi) is 3.12. The third-order valence-electron chi connectivity index (χ3n) is 1.73. The number of nitrogens with zero attached hydrogens (tertiary/aromatic N) is 1. The Hall–Kier alpha value is -0.540. The zero-order valence-electron chi connectivity index (χ0n) is 7.21. The Morgan fingerprint density at radius 2 is 2.08 bits per heavy atom. The van der Waals surface area contributed by atoms with Crippen molar-refractivity contribution in [1.82, 2.24) is 0 Å². The molecule has 3 heteroatoms. The van der Waals surface area contributed by atoms with Crippen LogP contribution in [0.15, 0.2) is 22.7 Å². The lowest BCUT2D eigenvalue weighted by atomic mass is 10.2. The highest BCUT2D eigenvalue weighted by molar-refractivity contribution is 9.10. The molecule has 1 N–H and O–H groups in total. The van der Waals surface area contributed by atoms with Crippen molar-refractivity contribution >= 4 is 21.6 Å². The molecule has 0 radical (unpaired) electrons. The summed E-state index contributed by atoms with van der Waals surface area (Å²) in [6, 6.07) is 5.87. The van der Waals surface area contributed by atoms with Gasteiger partial charge in [0.2, 0.25) is 0 Å². The Morgan fingerprint density at radius 3 is 2.50 bits per heavy atom. The van der Waals surface area contributed by atoms with Crippen molar-refractivity contribution in [2.24, 2.45) is 0 Å². The molecule has 0 bridgehead atoms. The molecule has 0 aliphatic carbocycles. The van der Waals surface area contributed by atoms with Crippen molar-refractivity contribution in [3.63, 3.8) is 0 Å². The highest BCUT2D eigenvalue weighted by Gasteiger charge is 2.05. The van der Waals surface area contributed by atoms with Crippen molar-refractivity contribution in [3.05, 3.63) is 28.2 Å². The van der Waals surface area contributed by atoms with Crippen LogP contribution >= 0.6 is 15.9 Å². The predicted molar refractivity (Wildman–Crippen MR) is 54.4 cm³/mol. The molecule has 0 aliphatic rings. The van der Waals surface area contributed by atoms with E-state index in [4.69, 9.17) is 5.11 Å². The lowest BCUT2D eigenvalue weighted by Gasteiger charge is -2.17. The van der Waals surface area contributed by atoms with Crippen LogP contribution in [0.4, 0.5) is 5.69 Å². The van der Waals surface area contributed by atoms with Crippen LogP contribution in [0.25, 0.3) is 0 Å². The van der Waals surface area contributed by atoms with Gasteiger partial charge in [-0.25, -0.2) is 0 Å². The third-order valence-corrected chi connectivity index (χ3v) is 2.48. The molecule has 0 saturated carbocycles. The fraction of sp³-hybridized carbons (Fsp3) is 0.333. The first-order valence-corrected chi connectivity index (χ1v) is 4.51. The topological polar surface area (TPSA) is 23.5 Å². The summed E-state index contributed by atoms with van der Waals surface area (Å²) in [4.78, 5) is 1.98. The minimum Gasteiger partial charge on any atom is -0.392 e. The summed E-state index contributed by atoms with van der Waals surface area (Å²) in [5, 5.41) is 9.09. The van der Waals surface area contributed by atoms with Crippen molar-refractivity contribution < 1.29 is 5.11 Å². The van der Waals surface area contributed by atoms with E-state index in [1.807, 2.05) is 37.2 Å². The van der Waals surface area contributed by atoms with Crippen LogP contribution in [0.1, 0.15) is 5.56 Å². The zero-order chi connectivity index (χ0) is 9.14. The number of anilines is 1. The lowest BCUT2D eigenvalue weighted by Crippen LogP contribution is -2.11. The van der Waals surface area contributed by atoms with Gasteiger partial charge in [0.05, 0.1) is 6.61 Å². The zero-order valence-corrected chi connectivity index (χ0v) is 8.80. The first-order chi connectivity index (χ1) is 5.66. The van der Waals surface area contributed by atoms with Crippen LogP contribution < -0.4 is 4.90 Å². The summed E-state index contributed by atoms with van der Waals surface area (Å²) < 4.78 is 0.955. The van der Waals surface area contributed by atoms with Gasteiger partial charge in [-0.15, -0.1) is 0 Å². The van der Waals surface area contributed by atoms with Crippen LogP contribution in [-0.2, 0) is 6.61 Å². The maximum absolute atomic E-state index is 9.09. The summed E-state index contributed by atoms with van der Waals surface area (Å²) in [5.41, 5.74) is 1.98. The van der Waals surface area contributed by atoms with Crippen LogP contribution in [0, 0.1) is 0 Å². The molecule has 0 amide bonds. The summed E-state index contributed by atoms with van der Waals surface area (Å²) in [5.74, 6) is 0. The van der Waals surface area contributed by atoms with Crippen LogP contribution in [0.2, 0.25) is 0 Å². The van der Waals surface area contributed by atoms with Gasteiger partial charge in [0, 0.05) is 29.8 Å². The number of halogens is 1. The average Bonchev–Trinajstić information content (AvgIpc) is 2.03. The molecule has 0 aromatic heterocycles. The van der Waals surface area contributed by atoms with Gasteiger partial charge in [-0.3, -0.25) is 0 Å².